The van der Waals surface area contributed by atoms with Gasteiger partial charge in [-0.25, -0.2) is 19.0 Å². The van der Waals surface area contributed by atoms with Gasteiger partial charge in [-0.05, 0) is 61.2 Å². The van der Waals surface area contributed by atoms with Crippen LogP contribution in [-0.2, 0) is 16.9 Å². The molecule has 0 bridgehead atoms. The Morgan fingerprint density at radius 2 is 1.91 bits per heavy atom. The van der Waals surface area contributed by atoms with Crippen LogP contribution >= 0.6 is 0 Å². The third kappa shape index (κ3) is 3.90. The second-order valence-electron chi connectivity index (χ2n) is 8.35. The van der Waals surface area contributed by atoms with Crippen molar-refractivity contribution in [3.05, 3.63) is 89.3 Å². The third-order valence-electron chi connectivity index (χ3n) is 6.23. The van der Waals surface area contributed by atoms with Crippen LogP contribution in [0.15, 0.2) is 55.0 Å². The molecule has 0 unspecified atom stereocenters. The summed E-state index contributed by atoms with van der Waals surface area (Å²) in [6, 6.07) is 12.4. The van der Waals surface area contributed by atoms with Gasteiger partial charge in [-0.2, -0.15) is 5.10 Å². The van der Waals surface area contributed by atoms with Gasteiger partial charge in [0, 0.05) is 19.9 Å². The summed E-state index contributed by atoms with van der Waals surface area (Å²) in [6.45, 7) is 2.71. The maximum Gasteiger partial charge on any atom is 0.174 e. The standard InChI is InChI=1S/C26H26FN5O2/c1-18-16-31(17-28-18)22-11-5-19(15-23(22)33-2)6-12-24-29-25-26(34-3,13-4-14-32(25)30-24)20-7-9-21(27)10-8-20/h5-12,15-17H,4,13-14H2,1-3H3/b12-6+/t26-/m1/s1. The number of hydrogen-bond donors (Lipinski definition) is 0. The summed E-state index contributed by atoms with van der Waals surface area (Å²) in [7, 11) is 3.32. The Kier molecular flexibility index (Phi) is 5.75. The van der Waals surface area contributed by atoms with Crippen molar-refractivity contribution in [1.29, 1.82) is 0 Å². The van der Waals surface area contributed by atoms with Gasteiger partial charge in [-0.15, -0.1) is 0 Å². The van der Waals surface area contributed by atoms with Crippen molar-refractivity contribution in [2.75, 3.05) is 14.2 Å². The first-order valence-electron chi connectivity index (χ1n) is 11.2. The Morgan fingerprint density at radius 3 is 2.62 bits per heavy atom. The van der Waals surface area contributed by atoms with Gasteiger partial charge in [-0.1, -0.05) is 24.3 Å². The summed E-state index contributed by atoms with van der Waals surface area (Å²) in [4.78, 5) is 9.09. The Balaban J connectivity index is 1.45. The molecule has 7 nitrogen and oxygen atoms in total. The van der Waals surface area contributed by atoms with Crippen molar-refractivity contribution in [2.45, 2.75) is 31.9 Å². The van der Waals surface area contributed by atoms with Crippen molar-refractivity contribution in [3.63, 3.8) is 0 Å². The van der Waals surface area contributed by atoms with E-state index < -0.39 is 5.60 Å². The molecule has 34 heavy (non-hydrogen) atoms. The Hall–Kier alpha value is -3.78. The van der Waals surface area contributed by atoms with Crippen LogP contribution in [0.1, 0.15) is 41.3 Å². The maximum atomic E-state index is 13.5. The number of aryl methyl sites for hydroxylation is 2. The van der Waals surface area contributed by atoms with E-state index in [9.17, 15) is 4.39 Å². The fourth-order valence-electron chi connectivity index (χ4n) is 4.51. The van der Waals surface area contributed by atoms with Gasteiger partial charge in [0.25, 0.3) is 0 Å². The predicted molar refractivity (Wildman–Crippen MR) is 127 cm³/mol. The molecular formula is C26H26FN5O2. The minimum Gasteiger partial charge on any atom is -0.495 e. The van der Waals surface area contributed by atoms with E-state index >= 15 is 0 Å². The molecule has 4 aromatic rings. The number of imidazole rings is 1. The number of nitrogens with zero attached hydrogens (tertiary/aromatic N) is 5. The largest absolute Gasteiger partial charge is 0.495 e. The molecule has 0 radical (unpaired) electrons. The topological polar surface area (TPSA) is 67.0 Å². The van der Waals surface area contributed by atoms with Gasteiger partial charge >= 0.3 is 0 Å². The van der Waals surface area contributed by atoms with Crippen molar-refractivity contribution in [2.24, 2.45) is 0 Å². The number of methoxy groups -OCH3 is 2. The summed E-state index contributed by atoms with van der Waals surface area (Å²) in [5.74, 6) is 1.79. The number of hydrogen-bond acceptors (Lipinski definition) is 5. The lowest BCUT2D eigenvalue weighted by Crippen LogP contribution is -2.37. The molecule has 3 heterocycles. The van der Waals surface area contributed by atoms with Crippen LogP contribution < -0.4 is 4.74 Å². The number of fused-ring (bicyclic) bond motifs is 1. The summed E-state index contributed by atoms with van der Waals surface area (Å²) < 4.78 is 29.0. The summed E-state index contributed by atoms with van der Waals surface area (Å²) >= 11 is 0. The summed E-state index contributed by atoms with van der Waals surface area (Å²) in [6.07, 6.45) is 9.20. The van der Waals surface area contributed by atoms with Gasteiger partial charge in [0.05, 0.1) is 24.8 Å². The molecule has 0 aliphatic carbocycles. The SMILES string of the molecule is COc1cc(/C=C/c2nc3n(n2)CCC[C@@]3(OC)c2ccc(F)cc2)ccc1-n1cnc(C)c1. The lowest BCUT2D eigenvalue weighted by atomic mass is 9.86. The average molecular weight is 460 g/mol. The summed E-state index contributed by atoms with van der Waals surface area (Å²) in [5, 5.41) is 4.68. The van der Waals surface area contributed by atoms with Crippen molar-refractivity contribution in [3.8, 4) is 11.4 Å². The number of aromatic nitrogens is 5. The fourth-order valence-corrected chi connectivity index (χ4v) is 4.51. The second-order valence-corrected chi connectivity index (χ2v) is 8.35. The molecule has 0 amide bonds. The van der Waals surface area contributed by atoms with Crippen LogP contribution in [0, 0.1) is 12.7 Å². The Bertz CT molecular complexity index is 1340. The highest BCUT2D eigenvalue weighted by Gasteiger charge is 2.41. The Morgan fingerprint density at radius 1 is 1.09 bits per heavy atom. The first-order valence-corrected chi connectivity index (χ1v) is 11.2. The smallest absolute Gasteiger partial charge is 0.174 e. The van der Waals surface area contributed by atoms with Crippen molar-refractivity contribution in [1.82, 2.24) is 24.3 Å². The third-order valence-corrected chi connectivity index (χ3v) is 6.23. The number of halogens is 1. The zero-order chi connectivity index (χ0) is 23.7. The van der Waals surface area contributed by atoms with Gasteiger partial charge in [0.2, 0.25) is 0 Å². The molecule has 1 aliphatic heterocycles. The van der Waals surface area contributed by atoms with Crippen molar-refractivity contribution < 1.29 is 13.9 Å². The van der Waals surface area contributed by atoms with Crippen LogP contribution in [0.3, 0.4) is 0 Å². The molecule has 8 heteroatoms. The number of rotatable bonds is 6. The highest BCUT2D eigenvalue weighted by atomic mass is 19.1. The normalized spacial score (nSPS) is 17.8. The van der Waals surface area contributed by atoms with Crippen LogP contribution in [0.2, 0.25) is 0 Å². The zero-order valence-corrected chi connectivity index (χ0v) is 19.4. The molecule has 2 aromatic carbocycles. The lowest BCUT2D eigenvalue weighted by Gasteiger charge is -2.35. The second kappa shape index (κ2) is 8.87. The van der Waals surface area contributed by atoms with E-state index in [1.165, 1.54) is 12.1 Å². The molecule has 5 rings (SSSR count). The molecule has 0 fully saturated rings. The van der Waals surface area contributed by atoms with Crippen LogP contribution in [-0.4, -0.2) is 38.5 Å². The van der Waals surface area contributed by atoms with E-state index in [0.29, 0.717) is 5.82 Å². The van der Waals surface area contributed by atoms with Crippen LogP contribution in [0.4, 0.5) is 4.39 Å². The monoisotopic (exact) mass is 459 g/mol. The number of ether oxygens (including phenoxy) is 2. The quantitative estimate of drug-likeness (QED) is 0.415. The van der Waals surface area contributed by atoms with Gasteiger partial charge in [0.15, 0.2) is 17.2 Å². The molecule has 0 spiro atoms. The van der Waals surface area contributed by atoms with Gasteiger partial charge < -0.3 is 14.0 Å². The van der Waals surface area contributed by atoms with E-state index in [0.717, 1.165) is 53.5 Å². The highest BCUT2D eigenvalue weighted by molar-refractivity contribution is 5.69. The highest BCUT2D eigenvalue weighted by Crippen LogP contribution is 2.39. The lowest BCUT2D eigenvalue weighted by molar-refractivity contribution is -0.00954. The Labute approximate surface area is 197 Å². The maximum absolute atomic E-state index is 13.5. The molecule has 0 saturated heterocycles. The molecule has 0 saturated carbocycles. The number of benzene rings is 2. The molecule has 2 aromatic heterocycles. The van der Waals surface area contributed by atoms with Crippen LogP contribution in [0.25, 0.3) is 17.8 Å². The van der Waals surface area contributed by atoms with E-state index in [2.05, 4.69) is 10.1 Å². The minimum absolute atomic E-state index is 0.277. The summed E-state index contributed by atoms with van der Waals surface area (Å²) in [5.41, 5.74) is 2.93. The molecule has 1 atom stereocenters. The molecular weight excluding hydrogens is 433 g/mol. The average Bonchev–Trinajstić information content (AvgIpc) is 3.49. The molecule has 1 aliphatic rings. The van der Waals surface area contributed by atoms with Gasteiger partial charge in [0.1, 0.15) is 11.6 Å². The zero-order valence-electron chi connectivity index (χ0n) is 19.4. The fraction of sp³-hybridized carbons (Fsp3) is 0.269. The molecule has 0 N–H and O–H groups in total. The van der Waals surface area contributed by atoms with E-state index in [4.69, 9.17) is 14.5 Å². The first-order chi connectivity index (χ1) is 16.5. The predicted octanol–water partition coefficient (Wildman–Crippen LogP) is 4.77. The van der Waals surface area contributed by atoms with E-state index in [1.807, 2.05) is 52.7 Å². The van der Waals surface area contributed by atoms with E-state index in [-0.39, 0.29) is 5.82 Å². The minimum atomic E-state index is -0.751. The van der Waals surface area contributed by atoms with Crippen molar-refractivity contribution >= 4 is 12.2 Å². The first kappa shape index (κ1) is 22.0. The molecule has 174 valence electrons. The van der Waals surface area contributed by atoms with Crippen LogP contribution in [0.5, 0.6) is 5.75 Å². The van der Waals surface area contributed by atoms with E-state index in [1.54, 1.807) is 32.7 Å². The van der Waals surface area contributed by atoms with Gasteiger partial charge in [-0.3, -0.25) is 0 Å².